The van der Waals surface area contributed by atoms with E-state index >= 15 is 0 Å². The van der Waals surface area contributed by atoms with E-state index in [-0.39, 0.29) is 0 Å². The zero-order valence-electron chi connectivity index (χ0n) is 4.53. The number of hydrogen-bond acceptors (Lipinski definition) is 3. The van der Waals surface area contributed by atoms with E-state index < -0.39 is 16.0 Å². The van der Waals surface area contributed by atoms with Crippen LogP contribution in [0.15, 0.2) is 4.40 Å². The minimum atomic E-state index is -3.67. The highest BCUT2D eigenvalue weighted by Crippen LogP contribution is 1.83. The van der Waals surface area contributed by atoms with Gasteiger partial charge in [0.25, 0.3) is 0 Å². The highest BCUT2D eigenvalue weighted by atomic mass is 32.2. The minimum Gasteiger partial charge on any atom is -0.879 e. The largest absolute Gasteiger partial charge is 0.879 e. The molecule has 0 aliphatic carbocycles. The molecule has 0 bridgehead atoms. The predicted molar refractivity (Wildman–Crippen MR) is 28.9 cm³/mol. The number of hydrogen-bond donors (Lipinski definition) is 0. The zero-order valence-corrected chi connectivity index (χ0v) is 5.34. The lowest BCUT2D eigenvalue weighted by molar-refractivity contribution is -0.211. The summed E-state index contributed by atoms with van der Waals surface area (Å²) in [7, 11) is -3.67. The standard InChI is InChI=1S/C3H4N2O3S/c1-4-3(6)5-9(2,7)8/h2H3,(H,5,6)/p-1. The molecule has 0 rings (SSSR count). The van der Waals surface area contributed by atoms with Crippen LogP contribution < -0.4 is 5.11 Å². The van der Waals surface area contributed by atoms with Crippen molar-refractivity contribution in [2.45, 2.75) is 0 Å². The normalized spacial score (nSPS) is 12.7. The third-order valence-corrected chi connectivity index (χ3v) is 0.827. The Kier molecular flexibility index (Phi) is 2.16. The monoisotopic (exact) mass is 147 g/mol. The lowest BCUT2D eigenvalue weighted by atomic mass is 11.2. The highest BCUT2D eigenvalue weighted by molar-refractivity contribution is 7.89. The average Bonchev–Trinajstić information content (AvgIpc) is 1.62. The molecule has 0 aromatic carbocycles. The van der Waals surface area contributed by atoms with Gasteiger partial charge in [-0.2, -0.15) is 8.42 Å². The van der Waals surface area contributed by atoms with E-state index in [1.807, 2.05) is 0 Å². The van der Waals surface area contributed by atoms with Crippen LogP contribution in [-0.2, 0) is 10.0 Å². The molecule has 0 unspecified atom stereocenters. The maximum atomic E-state index is 10.1. The van der Waals surface area contributed by atoms with Crippen molar-refractivity contribution in [2.24, 2.45) is 4.40 Å². The molecule has 0 aromatic heterocycles. The van der Waals surface area contributed by atoms with Crippen molar-refractivity contribution >= 4 is 16.0 Å². The molecule has 0 aliphatic heterocycles. The average molecular weight is 147 g/mol. The topological polar surface area (TPSA) is 73.9 Å². The van der Waals surface area contributed by atoms with Gasteiger partial charge in [-0.05, 0) is 0 Å². The second-order valence-corrected chi connectivity index (χ2v) is 2.87. The van der Waals surface area contributed by atoms with Gasteiger partial charge in [0.15, 0.2) is 0 Å². The molecule has 9 heavy (non-hydrogen) atoms. The predicted octanol–water partition coefficient (Wildman–Crippen LogP) is -1.42. The van der Waals surface area contributed by atoms with Crippen LogP contribution >= 0.6 is 0 Å². The summed E-state index contributed by atoms with van der Waals surface area (Å²) in [6.07, 6.45) is 0.746. The molecule has 0 aromatic rings. The first-order valence-electron chi connectivity index (χ1n) is 1.80. The van der Waals surface area contributed by atoms with Gasteiger partial charge >= 0.3 is 10.0 Å². The van der Waals surface area contributed by atoms with Crippen LogP contribution in [0.25, 0.3) is 4.85 Å². The Bertz CT molecular complexity index is 257. The smallest absolute Gasteiger partial charge is 0.319 e. The Morgan fingerprint density at radius 1 is 1.78 bits per heavy atom. The van der Waals surface area contributed by atoms with Gasteiger partial charge in [0.1, 0.15) is 0 Å². The summed E-state index contributed by atoms with van der Waals surface area (Å²) in [5.41, 5.74) is 0. The summed E-state index contributed by atoms with van der Waals surface area (Å²) in [6, 6.07) is -1.31. The Balaban J connectivity index is 4.58. The van der Waals surface area contributed by atoms with Gasteiger partial charge in [-0.15, -0.1) is 0 Å². The Hall–Kier alpha value is -1.09. The third-order valence-electron chi connectivity index (χ3n) is 0.340. The Morgan fingerprint density at radius 2 is 2.22 bits per heavy atom. The molecule has 0 saturated heterocycles. The molecule has 0 atom stereocenters. The fourth-order valence-corrected chi connectivity index (χ4v) is 0.487. The van der Waals surface area contributed by atoms with Crippen LogP contribution in [0.2, 0.25) is 0 Å². The number of nitrogens with zero attached hydrogens (tertiary/aromatic N) is 2. The first-order chi connectivity index (χ1) is 3.95. The van der Waals surface area contributed by atoms with Crippen molar-refractivity contribution in [1.29, 1.82) is 0 Å². The second-order valence-electron chi connectivity index (χ2n) is 1.22. The number of sulfonamides is 1. The Morgan fingerprint density at radius 3 is 2.33 bits per heavy atom. The van der Waals surface area contributed by atoms with Crippen molar-refractivity contribution < 1.29 is 13.5 Å². The van der Waals surface area contributed by atoms with Crippen LogP contribution in [0.3, 0.4) is 0 Å². The first-order valence-corrected chi connectivity index (χ1v) is 3.65. The molecule has 0 fully saturated rings. The molecule has 0 amide bonds. The molecule has 50 valence electrons. The molecule has 0 aliphatic rings. The minimum absolute atomic E-state index is 0.746. The van der Waals surface area contributed by atoms with E-state index in [1.54, 1.807) is 0 Å². The SMILES string of the molecule is [C-]#[N+]C([O-])=NS(C)(=O)=O. The summed E-state index contributed by atoms with van der Waals surface area (Å²) in [6.45, 7) is 6.01. The molecule has 5 nitrogen and oxygen atoms in total. The van der Waals surface area contributed by atoms with Crippen molar-refractivity contribution in [3.63, 3.8) is 0 Å². The quantitative estimate of drug-likeness (QED) is 0.259. The maximum Gasteiger partial charge on any atom is 0.319 e. The lowest BCUT2D eigenvalue weighted by Crippen LogP contribution is -2.14. The molecular weight excluding hydrogens is 144 g/mol. The van der Waals surface area contributed by atoms with Gasteiger partial charge < -0.3 is 9.95 Å². The van der Waals surface area contributed by atoms with E-state index in [0.29, 0.717) is 0 Å². The summed E-state index contributed by atoms with van der Waals surface area (Å²) >= 11 is 0. The van der Waals surface area contributed by atoms with Crippen LogP contribution in [0.5, 0.6) is 0 Å². The van der Waals surface area contributed by atoms with Crippen molar-refractivity contribution in [3.8, 4) is 0 Å². The summed E-state index contributed by atoms with van der Waals surface area (Å²) < 4.78 is 22.6. The van der Waals surface area contributed by atoms with Gasteiger partial charge in [-0.25, -0.2) is 0 Å². The van der Waals surface area contributed by atoms with Gasteiger partial charge in [-0.3, -0.25) is 0 Å². The lowest BCUT2D eigenvalue weighted by Gasteiger charge is -1.94. The fraction of sp³-hybridized carbons (Fsp3) is 0.333. The van der Waals surface area contributed by atoms with Gasteiger partial charge in [-0.1, -0.05) is 11.0 Å². The molecule has 0 N–H and O–H groups in total. The maximum absolute atomic E-state index is 10.1. The van der Waals surface area contributed by atoms with E-state index in [9.17, 15) is 13.5 Å². The number of rotatable bonds is 1. The molecule has 0 spiro atoms. The highest BCUT2D eigenvalue weighted by Gasteiger charge is 1.98. The number of amidine groups is 1. The third kappa shape index (κ3) is 4.77. The molecule has 6 heteroatoms. The summed E-state index contributed by atoms with van der Waals surface area (Å²) in [5.74, 6) is 0. The molecule has 0 heterocycles. The zero-order chi connectivity index (χ0) is 7.49. The van der Waals surface area contributed by atoms with Crippen LogP contribution in [-0.4, -0.2) is 20.7 Å². The van der Waals surface area contributed by atoms with E-state index in [0.717, 1.165) is 6.26 Å². The van der Waals surface area contributed by atoms with Crippen molar-refractivity contribution in [2.75, 3.05) is 6.26 Å². The van der Waals surface area contributed by atoms with Gasteiger partial charge in [0, 0.05) is 0 Å². The molecule has 0 radical (unpaired) electrons. The summed E-state index contributed by atoms with van der Waals surface area (Å²) in [4.78, 5) is 2.24. The van der Waals surface area contributed by atoms with Crippen molar-refractivity contribution in [3.05, 3.63) is 11.4 Å². The van der Waals surface area contributed by atoms with E-state index in [1.165, 1.54) is 0 Å². The fourth-order valence-electron chi connectivity index (χ4n) is 0.162. The van der Waals surface area contributed by atoms with Crippen molar-refractivity contribution in [1.82, 2.24) is 0 Å². The van der Waals surface area contributed by atoms with Gasteiger partial charge in [0.2, 0.25) is 6.02 Å². The second kappa shape index (κ2) is 2.46. The van der Waals surface area contributed by atoms with Gasteiger partial charge in [0.05, 0.1) is 6.26 Å². The van der Waals surface area contributed by atoms with Crippen LogP contribution in [0.1, 0.15) is 0 Å². The first kappa shape index (κ1) is 7.91. The van der Waals surface area contributed by atoms with Crippen LogP contribution in [0, 0.1) is 6.57 Å². The molecule has 0 saturated carbocycles. The van der Waals surface area contributed by atoms with Crippen LogP contribution in [0.4, 0.5) is 0 Å². The van der Waals surface area contributed by atoms with E-state index in [4.69, 9.17) is 6.57 Å². The molecular formula is C3H3N2O3S-. The summed E-state index contributed by atoms with van der Waals surface area (Å²) in [5, 5.41) is 9.93. The van der Waals surface area contributed by atoms with E-state index in [2.05, 4.69) is 9.24 Å². The Labute approximate surface area is 52.5 Å².